The Bertz CT molecular complexity index is 659. The molecule has 0 unspecified atom stereocenters. The van der Waals surface area contributed by atoms with E-state index in [0.717, 1.165) is 21.7 Å². The van der Waals surface area contributed by atoms with Gasteiger partial charge in [0.1, 0.15) is 5.75 Å². The van der Waals surface area contributed by atoms with Gasteiger partial charge in [0.15, 0.2) is 0 Å². The van der Waals surface area contributed by atoms with Gasteiger partial charge in [-0.05, 0) is 41.5 Å². The number of ether oxygens (including phenoxy) is 1. The van der Waals surface area contributed by atoms with Crippen LogP contribution in [0.2, 0.25) is 0 Å². The number of fused-ring (bicyclic) bond motifs is 1. The van der Waals surface area contributed by atoms with Crippen LogP contribution < -0.4 is 10.5 Å². The van der Waals surface area contributed by atoms with E-state index in [0.29, 0.717) is 18.8 Å². The van der Waals surface area contributed by atoms with Gasteiger partial charge < -0.3 is 15.4 Å². The van der Waals surface area contributed by atoms with Crippen LogP contribution in [0.1, 0.15) is 6.42 Å². The van der Waals surface area contributed by atoms with Crippen molar-refractivity contribution >= 4 is 32.8 Å². The number of rotatable bonds is 1. The van der Waals surface area contributed by atoms with Crippen molar-refractivity contribution in [2.45, 2.75) is 12.5 Å². The summed E-state index contributed by atoms with van der Waals surface area (Å²) >= 11 is 3.44. The Morgan fingerprint density at radius 1 is 1.25 bits per heavy atom. The quantitative estimate of drug-likeness (QED) is 0.871. The highest BCUT2D eigenvalue weighted by Gasteiger charge is 2.25. The van der Waals surface area contributed by atoms with Gasteiger partial charge in [-0.3, -0.25) is 0 Å². The third-order valence-corrected chi connectivity index (χ3v) is 3.96. The smallest absolute Gasteiger partial charge is 0.410 e. The Morgan fingerprint density at radius 2 is 2.00 bits per heavy atom. The maximum atomic E-state index is 12.0. The Morgan fingerprint density at radius 3 is 2.75 bits per heavy atom. The van der Waals surface area contributed by atoms with Crippen LogP contribution in [0.5, 0.6) is 5.75 Å². The third kappa shape index (κ3) is 2.78. The molecule has 2 N–H and O–H groups in total. The molecule has 0 aliphatic carbocycles. The molecule has 5 heteroatoms. The monoisotopic (exact) mass is 334 g/mol. The largest absolute Gasteiger partial charge is 0.415 e. The van der Waals surface area contributed by atoms with Crippen molar-refractivity contribution in [1.29, 1.82) is 0 Å². The normalized spacial score (nSPS) is 18.5. The summed E-state index contributed by atoms with van der Waals surface area (Å²) < 4.78 is 6.43. The number of carbonyl (C=O) groups excluding carboxylic acids is 1. The summed E-state index contributed by atoms with van der Waals surface area (Å²) in [6.45, 7) is 1.24. The SMILES string of the molecule is N[C@@H]1CCN(C(=O)Oc2ccc3cc(Br)ccc3c2)C1. The second-order valence-electron chi connectivity index (χ2n) is 5.02. The Hall–Kier alpha value is -1.59. The van der Waals surface area contributed by atoms with E-state index < -0.39 is 0 Å². The van der Waals surface area contributed by atoms with Gasteiger partial charge in [0.25, 0.3) is 0 Å². The summed E-state index contributed by atoms with van der Waals surface area (Å²) in [5.41, 5.74) is 5.79. The summed E-state index contributed by atoms with van der Waals surface area (Å²) in [5.74, 6) is 0.560. The fourth-order valence-electron chi connectivity index (χ4n) is 2.38. The first-order valence-corrected chi connectivity index (χ1v) is 7.33. The van der Waals surface area contributed by atoms with E-state index in [2.05, 4.69) is 15.9 Å². The van der Waals surface area contributed by atoms with Crippen LogP contribution in [0.4, 0.5) is 4.79 Å². The van der Waals surface area contributed by atoms with E-state index >= 15 is 0 Å². The number of halogens is 1. The van der Waals surface area contributed by atoms with Crippen LogP contribution in [-0.4, -0.2) is 30.1 Å². The second-order valence-corrected chi connectivity index (χ2v) is 5.93. The highest BCUT2D eigenvalue weighted by atomic mass is 79.9. The van der Waals surface area contributed by atoms with Gasteiger partial charge in [-0.1, -0.05) is 28.1 Å². The molecule has 20 heavy (non-hydrogen) atoms. The number of carbonyl (C=O) groups is 1. The van der Waals surface area contributed by atoms with E-state index in [1.807, 2.05) is 36.4 Å². The molecule has 1 atom stereocenters. The molecule has 2 aromatic carbocycles. The van der Waals surface area contributed by atoms with Crippen LogP contribution in [0.25, 0.3) is 10.8 Å². The minimum atomic E-state index is -0.325. The van der Waals surface area contributed by atoms with E-state index in [9.17, 15) is 4.79 Å². The molecule has 1 fully saturated rings. The topological polar surface area (TPSA) is 55.6 Å². The summed E-state index contributed by atoms with van der Waals surface area (Å²) in [5, 5.41) is 2.14. The van der Waals surface area contributed by atoms with E-state index in [-0.39, 0.29) is 12.1 Å². The van der Waals surface area contributed by atoms with Gasteiger partial charge in [0, 0.05) is 23.6 Å². The number of nitrogens with two attached hydrogens (primary N) is 1. The molecule has 4 nitrogen and oxygen atoms in total. The molecule has 0 bridgehead atoms. The predicted octanol–water partition coefficient (Wildman–Crippen LogP) is 3.13. The first-order valence-electron chi connectivity index (χ1n) is 6.53. The van der Waals surface area contributed by atoms with Crippen molar-refractivity contribution in [3.8, 4) is 5.75 Å². The highest BCUT2D eigenvalue weighted by Crippen LogP contribution is 2.24. The minimum absolute atomic E-state index is 0.0662. The molecule has 0 saturated carbocycles. The molecule has 1 aliphatic heterocycles. The van der Waals surface area contributed by atoms with Crippen LogP contribution >= 0.6 is 15.9 Å². The number of amides is 1. The molecule has 1 saturated heterocycles. The molecule has 1 aliphatic rings. The lowest BCUT2D eigenvalue weighted by Crippen LogP contribution is -2.33. The molecular weight excluding hydrogens is 320 g/mol. The average Bonchev–Trinajstić information content (AvgIpc) is 2.86. The number of hydrogen-bond acceptors (Lipinski definition) is 3. The predicted molar refractivity (Wildman–Crippen MR) is 81.8 cm³/mol. The molecule has 1 heterocycles. The van der Waals surface area contributed by atoms with Gasteiger partial charge in [-0.25, -0.2) is 4.79 Å². The van der Waals surface area contributed by atoms with Gasteiger partial charge in [0.2, 0.25) is 0 Å². The van der Waals surface area contributed by atoms with Crippen molar-refractivity contribution in [3.63, 3.8) is 0 Å². The maximum Gasteiger partial charge on any atom is 0.415 e. The maximum absolute atomic E-state index is 12.0. The number of hydrogen-bond donors (Lipinski definition) is 1. The standard InChI is InChI=1S/C15H15BrN2O2/c16-12-3-1-11-8-14(4-2-10(11)7-12)20-15(19)18-6-5-13(17)9-18/h1-4,7-8,13H,5-6,9,17H2/t13-/m1/s1. The summed E-state index contributed by atoms with van der Waals surface area (Å²) in [4.78, 5) is 13.6. The fraction of sp³-hybridized carbons (Fsp3) is 0.267. The Kier molecular flexibility index (Phi) is 3.63. The highest BCUT2D eigenvalue weighted by molar-refractivity contribution is 9.10. The summed E-state index contributed by atoms with van der Waals surface area (Å²) in [7, 11) is 0. The Labute approximate surface area is 125 Å². The summed E-state index contributed by atoms with van der Waals surface area (Å²) in [6, 6.07) is 11.7. The lowest BCUT2D eigenvalue weighted by molar-refractivity contribution is 0.162. The lowest BCUT2D eigenvalue weighted by Gasteiger charge is -2.15. The Balaban J connectivity index is 1.77. The number of nitrogens with zero attached hydrogens (tertiary/aromatic N) is 1. The van der Waals surface area contributed by atoms with Crippen LogP contribution in [0.3, 0.4) is 0 Å². The van der Waals surface area contributed by atoms with Crippen molar-refractivity contribution in [2.24, 2.45) is 5.73 Å². The van der Waals surface area contributed by atoms with Gasteiger partial charge >= 0.3 is 6.09 Å². The zero-order valence-corrected chi connectivity index (χ0v) is 12.5. The number of benzene rings is 2. The van der Waals surface area contributed by atoms with Crippen molar-refractivity contribution in [1.82, 2.24) is 4.90 Å². The van der Waals surface area contributed by atoms with Gasteiger partial charge in [-0.2, -0.15) is 0 Å². The molecular formula is C15H15BrN2O2. The fourth-order valence-corrected chi connectivity index (χ4v) is 2.76. The first-order chi connectivity index (χ1) is 9.61. The average molecular weight is 335 g/mol. The van der Waals surface area contributed by atoms with E-state index in [4.69, 9.17) is 10.5 Å². The van der Waals surface area contributed by atoms with Gasteiger partial charge in [-0.15, -0.1) is 0 Å². The van der Waals surface area contributed by atoms with E-state index in [1.54, 1.807) is 4.90 Å². The molecule has 104 valence electrons. The van der Waals surface area contributed by atoms with Gasteiger partial charge in [0.05, 0.1) is 0 Å². The molecule has 1 amide bonds. The van der Waals surface area contributed by atoms with Crippen molar-refractivity contribution in [3.05, 3.63) is 40.9 Å². The molecule has 3 rings (SSSR count). The zero-order chi connectivity index (χ0) is 14.1. The first kappa shape index (κ1) is 13.4. The molecule has 2 aromatic rings. The van der Waals surface area contributed by atoms with E-state index in [1.165, 1.54) is 0 Å². The zero-order valence-electron chi connectivity index (χ0n) is 10.9. The molecule has 0 aromatic heterocycles. The van der Waals surface area contributed by atoms with Crippen LogP contribution in [0, 0.1) is 0 Å². The lowest BCUT2D eigenvalue weighted by atomic mass is 10.1. The van der Waals surface area contributed by atoms with Crippen LogP contribution in [0.15, 0.2) is 40.9 Å². The van der Waals surface area contributed by atoms with Crippen molar-refractivity contribution < 1.29 is 9.53 Å². The number of likely N-dealkylation sites (tertiary alicyclic amines) is 1. The summed E-state index contributed by atoms with van der Waals surface area (Å²) in [6.07, 6.45) is 0.510. The molecule has 0 radical (unpaired) electrons. The van der Waals surface area contributed by atoms with Crippen LogP contribution in [-0.2, 0) is 0 Å². The molecule has 0 spiro atoms. The second kappa shape index (κ2) is 5.42. The third-order valence-electron chi connectivity index (χ3n) is 3.46. The van der Waals surface area contributed by atoms with Crippen molar-refractivity contribution in [2.75, 3.05) is 13.1 Å². The minimum Gasteiger partial charge on any atom is -0.410 e.